The monoisotopic (exact) mass is 291 g/mol. The fourth-order valence-corrected chi connectivity index (χ4v) is 2.37. The predicted molar refractivity (Wildman–Crippen MR) is 83.0 cm³/mol. The Balaban J connectivity index is 2.16. The summed E-state index contributed by atoms with van der Waals surface area (Å²) < 4.78 is 13.2. The first-order valence-corrected chi connectivity index (χ1v) is 7.11. The first-order chi connectivity index (χ1) is 9.79. The first-order valence-electron chi connectivity index (χ1n) is 7.11. The highest BCUT2D eigenvalue weighted by Crippen LogP contribution is 2.30. The summed E-state index contributed by atoms with van der Waals surface area (Å²) in [5.74, 6) is -0.261. The number of hydrogen-bond acceptors (Lipinski definition) is 1. The lowest BCUT2D eigenvalue weighted by Gasteiger charge is -2.25. The van der Waals surface area contributed by atoms with Crippen LogP contribution in [0.15, 0.2) is 24.4 Å². The number of carbonyl (C=O) groups excluding carboxylic acids is 1. The molecule has 4 nitrogen and oxygen atoms in total. The molecule has 1 aromatic carbocycles. The van der Waals surface area contributed by atoms with Crippen LogP contribution in [-0.4, -0.2) is 23.6 Å². The molecule has 0 saturated carbocycles. The smallest absolute Gasteiger partial charge is 0.315 e. The maximum atomic E-state index is 13.2. The van der Waals surface area contributed by atoms with Gasteiger partial charge in [-0.25, -0.2) is 9.18 Å². The molecule has 1 heterocycles. The molecule has 2 rings (SSSR count). The number of urea groups is 1. The lowest BCUT2D eigenvalue weighted by molar-refractivity contribution is 0.236. The summed E-state index contributed by atoms with van der Waals surface area (Å²) in [4.78, 5) is 14.8. The first kappa shape index (κ1) is 15.4. The van der Waals surface area contributed by atoms with E-state index in [1.54, 1.807) is 6.07 Å². The standard InChI is InChI=1S/C16H22FN3O/c1-10(2)20-15(21)19-9-16(3,4)13-8-18-14-7-11(17)5-6-12(13)14/h5-8,10,18H,9H2,1-4H3,(H2,19,20,21). The van der Waals surface area contributed by atoms with Gasteiger partial charge in [-0.2, -0.15) is 0 Å². The third-order valence-corrected chi connectivity index (χ3v) is 3.48. The van der Waals surface area contributed by atoms with Crippen molar-refractivity contribution in [3.8, 4) is 0 Å². The van der Waals surface area contributed by atoms with Crippen LogP contribution in [0.3, 0.4) is 0 Å². The molecule has 0 aliphatic heterocycles. The highest BCUT2D eigenvalue weighted by Gasteiger charge is 2.24. The molecule has 5 heteroatoms. The van der Waals surface area contributed by atoms with Crippen LogP contribution in [-0.2, 0) is 5.41 Å². The highest BCUT2D eigenvalue weighted by molar-refractivity contribution is 5.84. The minimum absolute atomic E-state index is 0.101. The van der Waals surface area contributed by atoms with Gasteiger partial charge in [0.15, 0.2) is 0 Å². The SMILES string of the molecule is CC(C)NC(=O)NCC(C)(C)c1c[nH]c2cc(F)ccc12. The number of rotatable bonds is 4. The van der Waals surface area contributed by atoms with Crippen molar-refractivity contribution in [3.63, 3.8) is 0 Å². The number of carbonyl (C=O) groups is 1. The minimum atomic E-state index is -0.261. The van der Waals surface area contributed by atoms with Gasteiger partial charge in [0.05, 0.1) is 0 Å². The summed E-state index contributed by atoms with van der Waals surface area (Å²) >= 11 is 0. The molecule has 0 saturated heterocycles. The quantitative estimate of drug-likeness (QED) is 0.795. The van der Waals surface area contributed by atoms with Crippen LogP contribution in [0.25, 0.3) is 10.9 Å². The molecule has 1 aromatic heterocycles. The Kier molecular flexibility index (Phi) is 4.21. The van der Waals surface area contributed by atoms with Crippen LogP contribution in [0.2, 0.25) is 0 Å². The lowest BCUT2D eigenvalue weighted by atomic mass is 9.84. The van der Waals surface area contributed by atoms with Crippen molar-refractivity contribution in [1.29, 1.82) is 0 Å². The van der Waals surface area contributed by atoms with E-state index in [0.717, 1.165) is 16.5 Å². The number of halogens is 1. The Bertz CT molecular complexity index is 646. The van der Waals surface area contributed by atoms with Crippen LogP contribution in [0.4, 0.5) is 9.18 Å². The van der Waals surface area contributed by atoms with Crippen molar-refractivity contribution in [1.82, 2.24) is 15.6 Å². The zero-order valence-electron chi connectivity index (χ0n) is 12.9. The van der Waals surface area contributed by atoms with Crippen molar-refractivity contribution in [2.24, 2.45) is 0 Å². The number of fused-ring (bicyclic) bond motifs is 1. The van der Waals surface area contributed by atoms with Gasteiger partial charge in [-0.1, -0.05) is 13.8 Å². The van der Waals surface area contributed by atoms with Crippen molar-refractivity contribution in [3.05, 3.63) is 35.8 Å². The minimum Gasteiger partial charge on any atom is -0.361 e. The number of H-pyrrole nitrogens is 1. The van der Waals surface area contributed by atoms with E-state index in [4.69, 9.17) is 0 Å². The van der Waals surface area contributed by atoms with Crippen LogP contribution < -0.4 is 10.6 Å². The Morgan fingerprint density at radius 1 is 1.38 bits per heavy atom. The molecule has 114 valence electrons. The molecular weight excluding hydrogens is 269 g/mol. The van der Waals surface area contributed by atoms with E-state index >= 15 is 0 Å². The molecule has 2 amide bonds. The molecule has 0 aliphatic carbocycles. The zero-order valence-corrected chi connectivity index (χ0v) is 12.9. The summed E-state index contributed by atoms with van der Waals surface area (Å²) in [6, 6.07) is 4.63. The van der Waals surface area contributed by atoms with Gasteiger partial charge in [0.1, 0.15) is 5.82 Å². The Morgan fingerprint density at radius 2 is 2.10 bits per heavy atom. The maximum absolute atomic E-state index is 13.2. The second-order valence-corrected chi connectivity index (χ2v) is 6.26. The Hall–Kier alpha value is -2.04. The normalized spacial score (nSPS) is 11.9. The fourth-order valence-electron chi connectivity index (χ4n) is 2.37. The van der Waals surface area contributed by atoms with Crippen molar-refractivity contribution < 1.29 is 9.18 Å². The number of amides is 2. The predicted octanol–water partition coefficient (Wildman–Crippen LogP) is 3.29. The molecule has 0 radical (unpaired) electrons. The van der Waals surface area contributed by atoms with E-state index in [2.05, 4.69) is 29.5 Å². The molecule has 0 unspecified atom stereocenters. The summed E-state index contributed by atoms with van der Waals surface area (Å²) in [5, 5.41) is 6.66. The zero-order chi connectivity index (χ0) is 15.6. The van der Waals surface area contributed by atoms with Gasteiger partial charge >= 0.3 is 6.03 Å². The second kappa shape index (κ2) is 5.76. The topological polar surface area (TPSA) is 56.9 Å². The summed E-state index contributed by atoms with van der Waals surface area (Å²) in [6.45, 7) is 8.43. The Morgan fingerprint density at radius 3 is 2.76 bits per heavy atom. The number of nitrogens with one attached hydrogen (secondary N) is 3. The van der Waals surface area contributed by atoms with Gasteiger partial charge in [0.25, 0.3) is 0 Å². The van der Waals surface area contributed by atoms with Gasteiger partial charge in [-0.05, 0) is 37.6 Å². The average molecular weight is 291 g/mol. The summed E-state index contributed by atoms with van der Waals surface area (Å²) in [5.41, 5.74) is 1.57. The lowest BCUT2D eigenvalue weighted by Crippen LogP contribution is -2.44. The van der Waals surface area contributed by atoms with E-state index in [0.29, 0.717) is 6.54 Å². The van der Waals surface area contributed by atoms with Gasteiger partial charge in [0.2, 0.25) is 0 Å². The van der Waals surface area contributed by atoms with Gasteiger partial charge in [0, 0.05) is 35.1 Å². The third kappa shape index (κ3) is 3.54. The van der Waals surface area contributed by atoms with E-state index in [-0.39, 0.29) is 23.3 Å². The number of hydrogen-bond donors (Lipinski definition) is 3. The van der Waals surface area contributed by atoms with E-state index in [9.17, 15) is 9.18 Å². The van der Waals surface area contributed by atoms with Crippen LogP contribution in [0.5, 0.6) is 0 Å². The maximum Gasteiger partial charge on any atom is 0.315 e. The van der Waals surface area contributed by atoms with Crippen LogP contribution >= 0.6 is 0 Å². The number of benzene rings is 1. The largest absolute Gasteiger partial charge is 0.361 e. The molecular formula is C16H22FN3O. The molecule has 0 fully saturated rings. The van der Waals surface area contributed by atoms with Gasteiger partial charge < -0.3 is 15.6 Å². The Labute approximate surface area is 124 Å². The second-order valence-electron chi connectivity index (χ2n) is 6.26. The van der Waals surface area contributed by atoms with E-state index in [1.807, 2.05) is 20.0 Å². The number of aromatic nitrogens is 1. The molecule has 0 atom stereocenters. The molecule has 2 aromatic rings. The average Bonchev–Trinajstić information content (AvgIpc) is 2.79. The summed E-state index contributed by atoms with van der Waals surface area (Å²) in [6.07, 6.45) is 1.88. The van der Waals surface area contributed by atoms with Crippen molar-refractivity contribution in [2.75, 3.05) is 6.54 Å². The van der Waals surface area contributed by atoms with Crippen molar-refractivity contribution >= 4 is 16.9 Å². The number of aromatic amines is 1. The highest BCUT2D eigenvalue weighted by atomic mass is 19.1. The van der Waals surface area contributed by atoms with E-state index in [1.165, 1.54) is 12.1 Å². The third-order valence-electron chi connectivity index (χ3n) is 3.48. The van der Waals surface area contributed by atoms with Gasteiger partial charge in [-0.3, -0.25) is 0 Å². The fraction of sp³-hybridized carbons (Fsp3) is 0.438. The molecule has 0 spiro atoms. The van der Waals surface area contributed by atoms with Crippen molar-refractivity contribution in [2.45, 2.75) is 39.2 Å². The van der Waals surface area contributed by atoms with Gasteiger partial charge in [-0.15, -0.1) is 0 Å². The van der Waals surface area contributed by atoms with Crippen LogP contribution in [0.1, 0.15) is 33.3 Å². The molecule has 0 aliphatic rings. The van der Waals surface area contributed by atoms with Crippen LogP contribution in [0, 0.1) is 5.82 Å². The molecule has 21 heavy (non-hydrogen) atoms. The van der Waals surface area contributed by atoms with E-state index < -0.39 is 0 Å². The molecule has 0 bridgehead atoms. The summed E-state index contributed by atoms with van der Waals surface area (Å²) in [7, 11) is 0. The molecule has 3 N–H and O–H groups in total.